The van der Waals surface area contributed by atoms with Crippen LogP contribution in [0.5, 0.6) is 0 Å². The molecule has 0 fully saturated rings. The van der Waals surface area contributed by atoms with E-state index in [2.05, 4.69) is 20.7 Å². The highest BCUT2D eigenvalue weighted by molar-refractivity contribution is 9.10. The normalized spacial score (nSPS) is 10.4. The predicted molar refractivity (Wildman–Crippen MR) is 50.8 cm³/mol. The second-order valence-corrected chi connectivity index (χ2v) is 3.41. The van der Waals surface area contributed by atoms with E-state index in [0.29, 0.717) is 5.56 Å². The Morgan fingerprint density at radius 3 is 2.92 bits per heavy atom. The van der Waals surface area contributed by atoms with Crippen molar-refractivity contribution in [2.24, 2.45) is 0 Å². The molecule has 4 heteroatoms. The summed E-state index contributed by atoms with van der Waals surface area (Å²) < 4.78 is 23.6. The average molecular weight is 249 g/mol. The molecule has 0 bridgehead atoms. The molecule has 0 aliphatic heterocycles. The predicted octanol–water partition coefficient (Wildman–Crippen LogP) is 2.71. The zero-order valence-corrected chi connectivity index (χ0v) is 8.80. The number of hydrogen-bond donors (Lipinski definition) is 0. The lowest BCUT2D eigenvalue weighted by Gasteiger charge is -2.04. The highest BCUT2D eigenvalue weighted by atomic mass is 79.9. The Morgan fingerprint density at radius 2 is 2.23 bits per heavy atom. The van der Waals surface area contributed by atoms with Crippen LogP contribution in [-0.2, 0) is 16.1 Å². The Labute approximate surface area is 84.8 Å². The van der Waals surface area contributed by atoms with Gasteiger partial charge < -0.3 is 9.47 Å². The van der Waals surface area contributed by atoms with Gasteiger partial charge in [0.25, 0.3) is 0 Å². The molecule has 0 aliphatic rings. The van der Waals surface area contributed by atoms with Gasteiger partial charge >= 0.3 is 0 Å². The largest absolute Gasteiger partial charge is 0.359 e. The summed E-state index contributed by atoms with van der Waals surface area (Å²) in [6.07, 6.45) is 0. The lowest BCUT2D eigenvalue weighted by molar-refractivity contribution is -0.0398. The molecule has 0 atom stereocenters. The Kier molecular flexibility index (Phi) is 4.35. The molecular weight excluding hydrogens is 239 g/mol. The minimum absolute atomic E-state index is 0.173. The molecule has 1 aromatic rings. The number of ether oxygens (including phenoxy) is 2. The summed E-state index contributed by atoms with van der Waals surface area (Å²) in [5, 5.41) is 0. The summed E-state index contributed by atoms with van der Waals surface area (Å²) >= 11 is 3.25. The molecule has 72 valence electrons. The van der Waals surface area contributed by atoms with Gasteiger partial charge in [-0.2, -0.15) is 0 Å². The van der Waals surface area contributed by atoms with Gasteiger partial charge in [0.1, 0.15) is 12.6 Å². The standard InChI is InChI=1S/C9H10BrFO2/c1-12-6-13-5-7-4-8(10)2-3-9(7)11/h2-4H,5-6H2,1H3. The molecule has 0 spiro atoms. The van der Waals surface area contributed by atoms with Crippen molar-refractivity contribution in [2.45, 2.75) is 6.61 Å². The van der Waals surface area contributed by atoms with Crippen LogP contribution in [0.15, 0.2) is 22.7 Å². The van der Waals surface area contributed by atoms with E-state index in [4.69, 9.17) is 4.74 Å². The number of hydrogen-bond acceptors (Lipinski definition) is 2. The first-order chi connectivity index (χ1) is 6.24. The van der Waals surface area contributed by atoms with Crippen LogP contribution >= 0.6 is 15.9 Å². The van der Waals surface area contributed by atoms with Crippen molar-refractivity contribution in [1.82, 2.24) is 0 Å². The molecule has 0 aliphatic carbocycles. The average Bonchev–Trinajstić information content (AvgIpc) is 2.11. The van der Waals surface area contributed by atoms with Crippen molar-refractivity contribution < 1.29 is 13.9 Å². The molecule has 1 aromatic carbocycles. The fraction of sp³-hybridized carbons (Fsp3) is 0.333. The third-order valence-electron chi connectivity index (χ3n) is 1.47. The van der Waals surface area contributed by atoms with Crippen LogP contribution in [-0.4, -0.2) is 13.9 Å². The summed E-state index contributed by atoms with van der Waals surface area (Å²) in [6.45, 7) is 0.394. The van der Waals surface area contributed by atoms with E-state index in [-0.39, 0.29) is 19.2 Å². The van der Waals surface area contributed by atoms with Crippen molar-refractivity contribution in [3.8, 4) is 0 Å². The zero-order valence-electron chi connectivity index (χ0n) is 7.22. The Balaban J connectivity index is 2.59. The lowest BCUT2D eigenvalue weighted by Crippen LogP contribution is -1.99. The monoisotopic (exact) mass is 248 g/mol. The second kappa shape index (κ2) is 5.32. The second-order valence-electron chi connectivity index (χ2n) is 2.49. The fourth-order valence-corrected chi connectivity index (χ4v) is 1.30. The Hall–Kier alpha value is -0.450. The zero-order chi connectivity index (χ0) is 9.68. The van der Waals surface area contributed by atoms with E-state index in [9.17, 15) is 4.39 Å². The van der Waals surface area contributed by atoms with Crippen LogP contribution < -0.4 is 0 Å². The molecule has 1 rings (SSSR count). The lowest BCUT2D eigenvalue weighted by atomic mass is 10.2. The molecule has 0 heterocycles. The third-order valence-corrected chi connectivity index (χ3v) is 1.96. The quantitative estimate of drug-likeness (QED) is 0.603. The van der Waals surface area contributed by atoms with E-state index >= 15 is 0 Å². The molecule has 2 nitrogen and oxygen atoms in total. The van der Waals surface area contributed by atoms with E-state index in [1.807, 2.05) is 0 Å². The molecule has 0 radical (unpaired) electrons. The van der Waals surface area contributed by atoms with Crippen LogP contribution in [0.2, 0.25) is 0 Å². The summed E-state index contributed by atoms with van der Waals surface area (Å²) in [4.78, 5) is 0. The van der Waals surface area contributed by atoms with Crippen LogP contribution in [0.25, 0.3) is 0 Å². The van der Waals surface area contributed by atoms with Gasteiger partial charge in [-0.05, 0) is 18.2 Å². The summed E-state index contributed by atoms with van der Waals surface area (Å²) in [5.74, 6) is -0.265. The summed E-state index contributed by atoms with van der Waals surface area (Å²) in [7, 11) is 1.53. The van der Waals surface area contributed by atoms with Crippen LogP contribution in [0.4, 0.5) is 4.39 Å². The van der Waals surface area contributed by atoms with Crippen LogP contribution in [0.3, 0.4) is 0 Å². The van der Waals surface area contributed by atoms with Gasteiger partial charge in [-0.25, -0.2) is 4.39 Å². The van der Waals surface area contributed by atoms with Gasteiger partial charge in [0.2, 0.25) is 0 Å². The van der Waals surface area contributed by atoms with E-state index < -0.39 is 0 Å². The Morgan fingerprint density at radius 1 is 1.46 bits per heavy atom. The van der Waals surface area contributed by atoms with Gasteiger partial charge in [-0.15, -0.1) is 0 Å². The van der Waals surface area contributed by atoms with Gasteiger partial charge in [0.15, 0.2) is 0 Å². The van der Waals surface area contributed by atoms with Gasteiger partial charge in [-0.3, -0.25) is 0 Å². The van der Waals surface area contributed by atoms with E-state index in [1.165, 1.54) is 13.2 Å². The third kappa shape index (κ3) is 3.42. The fourth-order valence-electron chi connectivity index (χ4n) is 0.889. The molecule has 0 saturated carbocycles. The Bertz CT molecular complexity index is 278. The molecule has 0 N–H and O–H groups in total. The topological polar surface area (TPSA) is 18.5 Å². The molecule has 0 amide bonds. The minimum Gasteiger partial charge on any atom is -0.359 e. The SMILES string of the molecule is COCOCc1cc(Br)ccc1F. The highest BCUT2D eigenvalue weighted by Crippen LogP contribution is 2.16. The van der Waals surface area contributed by atoms with E-state index in [0.717, 1.165) is 4.47 Å². The summed E-state index contributed by atoms with van der Waals surface area (Å²) in [5.41, 5.74) is 0.520. The molecular formula is C9H10BrFO2. The van der Waals surface area contributed by atoms with Gasteiger partial charge in [0.05, 0.1) is 6.61 Å². The maximum atomic E-state index is 13.1. The summed E-state index contributed by atoms with van der Waals surface area (Å²) in [6, 6.07) is 4.73. The van der Waals surface area contributed by atoms with Crippen LogP contribution in [0, 0.1) is 5.82 Å². The maximum Gasteiger partial charge on any atom is 0.146 e. The maximum absolute atomic E-state index is 13.1. The molecule has 0 unspecified atom stereocenters. The molecule has 0 saturated heterocycles. The van der Waals surface area contributed by atoms with Crippen molar-refractivity contribution in [3.63, 3.8) is 0 Å². The minimum atomic E-state index is -0.265. The van der Waals surface area contributed by atoms with Gasteiger partial charge in [-0.1, -0.05) is 15.9 Å². The highest BCUT2D eigenvalue weighted by Gasteiger charge is 2.02. The van der Waals surface area contributed by atoms with Crippen molar-refractivity contribution in [1.29, 1.82) is 0 Å². The smallest absolute Gasteiger partial charge is 0.146 e. The first-order valence-electron chi connectivity index (χ1n) is 3.74. The van der Waals surface area contributed by atoms with Crippen molar-refractivity contribution in [3.05, 3.63) is 34.1 Å². The molecule has 13 heavy (non-hydrogen) atoms. The number of rotatable bonds is 4. The van der Waals surface area contributed by atoms with Gasteiger partial charge in [0, 0.05) is 17.1 Å². The first kappa shape index (κ1) is 10.6. The van der Waals surface area contributed by atoms with Crippen LogP contribution in [0.1, 0.15) is 5.56 Å². The van der Waals surface area contributed by atoms with Crippen molar-refractivity contribution in [2.75, 3.05) is 13.9 Å². The number of benzene rings is 1. The van der Waals surface area contributed by atoms with Crippen molar-refractivity contribution >= 4 is 15.9 Å². The number of halogens is 2. The first-order valence-corrected chi connectivity index (χ1v) is 4.54. The number of methoxy groups -OCH3 is 1. The van der Waals surface area contributed by atoms with E-state index in [1.54, 1.807) is 12.1 Å². The molecule has 0 aromatic heterocycles.